The van der Waals surface area contributed by atoms with Gasteiger partial charge in [0.25, 0.3) is 0 Å². The smallest absolute Gasteiger partial charge is 0.180 e. The average Bonchev–Trinajstić information content (AvgIpc) is 3.21. The second kappa shape index (κ2) is 5.98. The van der Waals surface area contributed by atoms with Crippen molar-refractivity contribution in [3.8, 4) is 0 Å². The van der Waals surface area contributed by atoms with Crippen LogP contribution in [0.25, 0.3) is 0 Å². The van der Waals surface area contributed by atoms with Crippen LogP contribution in [0.4, 0.5) is 5.69 Å². The second-order valence-electron chi connectivity index (χ2n) is 5.07. The molecule has 3 heteroatoms. The third kappa shape index (κ3) is 3.31. The van der Waals surface area contributed by atoms with Crippen LogP contribution in [0.5, 0.6) is 0 Å². The van der Waals surface area contributed by atoms with Gasteiger partial charge in [0.2, 0.25) is 0 Å². The van der Waals surface area contributed by atoms with Gasteiger partial charge in [-0.05, 0) is 37.3 Å². The van der Waals surface area contributed by atoms with Crippen LogP contribution in [-0.4, -0.2) is 23.9 Å². The SMILES string of the molecule is CCCN(CC1CC1)c1ccc(C(=O)CC)nc1. The summed E-state index contributed by atoms with van der Waals surface area (Å²) in [6.07, 6.45) is 6.23. The number of aromatic nitrogens is 1. The number of carbonyl (C=O) groups excluding carboxylic acids is 1. The molecule has 1 aliphatic rings. The summed E-state index contributed by atoms with van der Waals surface area (Å²) in [5.74, 6) is 0.985. The van der Waals surface area contributed by atoms with Crippen molar-refractivity contribution in [2.75, 3.05) is 18.0 Å². The van der Waals surface area contributed by atoms with E-state index in [1.807, 2.05) is 25.3 Å². The molecule has 1 aromatic rings. The first-order chi connectivity index (χ1) is 8.74. The van der Waals surface area contributed by atoms with Gasteiger partial charge >= 0.3 is 0 Å². The Balaban J connectivity index is 2.06. The molecule has 1 fully saturated rings. The number of Topliss-reactive ketones (excluding diaryl/α,β-unsaturated/α-hetero) is 1. The fraction of sp³-hybridized carbons (Fsp3) is 0.600. The Hall–Kier alpha value is -1.38. The van der Waals surface area contributed by atoms with E-state index < -0.39 is 0 Å². The topological polar surface area (TPSA) is 33.2 Å². The molecule has 0 unspecified atom stereocenters. The van der Waals surface area contributed by atoms with Gasteiger partial charge in [-0.3, -0.25) is 9.78 Å². The molecule has 0 saturated heterocycles. The van der Waals surface area contributed by atoms with E-state index in [2.05, 4.69) is 16.8 Å². The number of pyridine rings is 1. The Morgan fingerprint density at radius 3 is 2.67 bits per heavy atom. The molecule has 0 aromatic carbocycles. The maximum atomic E-state index is 11.5. The molecule has 0 spiro atoms. The number of nitrogens with zero attached hydrogens (tertiary/aromatic N) is 2. The molecule has 98 valence electrons. The van der Waals surface area contributed by atoms with Crippen LogP contribution in [0.15, 0.2) is 18.3 Å². The highest BCUT2D eigenvalue weighted by Crippen LogP contribution is 2.31. The zero-order valence-corrected chi connectivity index (χ0v) is 11.4. The van der Waals surface area contributed by atoms with Crippen molar-refractivity contribution in [1.29, 1.82) is 0 Å². The van der Waals surface area contributed by atoms with Gasteiger partial charge in [0, 0.05) is 19.5 Å². The molecule has 1 aliphatic carbocycles. The predicted octanol–water partition coefficient (Wildman–Crippen LogP) is 3.30. The highest BCUT2D eigenvalue weighted by atomic mass is 16.1. The number of rotatable bonds is 7. The molecule has 0 aliphatic heterocycles. The van der Waals surface area contributed by atoms with Crippen molar-refractivity contribution in [2.45, 2.75) is 39.5 Å². The fourth-order valence-electron chi connectivity index (χ4n) is 2.13. The lowest BCUT2D eigenvalue weighted by Gasteiger charge is -2.24. The number of ketones is 1. The van der Waals surface area contributed by atoms with E-state index in [0.29, 0.717) is 12.1 Å². The van der Waals surface area contributed by atoms with Crippen LogP contribution in [0, 0.1) is 5.92 Å². The Kier molecular flexibility index (Phi) is 4.34. The third-order valence-corrected chi connectivity index (χ3v) is 3.39. The molecular weight excluding hydrogens is 224 g/mol. The Morgan fingerprint density at radius 2 is 2.17 bits per heavy atom. The summed E-state index contributed by atoms with van der Waals surface area (Å²) >= 11 is 0. The molecule has 1 saturated carbocycles. The van der Waals surface area contributed by atoms with Crippen molar-refractivity contribution in [1.82, 2.24) is 4.98 Å². The number of hydrogen-bond donors (Lipinski definition) is 0. The number of carbonyl (C=O) groups is 1. The van der Waals surface area contributed by atoms with Crippen molar-refractivity contribution in [3.05, 3.63) is 24.0 Å². The van der Waals surface area contributed by atoms with Gasteiger partial charge in [-0.2, -0.15) is 0 Å². The standard InChI is InChI=1S/C15H22N2O/c1-3-9-17(11-12-5-6-12)13-7-8-14(16-10-13)15(18)4-2/h7-8,10,12H,3-6,9,11H2,1-2H3. The second-order valence-corrected chi connectivity index (χ2v) is 5.07. The van der Waals surface area contributed by atoms with Gasteiger partial charge in [0.15, 0.2) is 5.78 Å². The van der Waals surface area contributed by atoms with E-state index in [9.17, 15) is 4.79 Å². The molecule has 0 N–H and O–H groups in total. The van der Waals surface area contributed by atoms with Crippen molar-refractivity contribution in [2.24, 2.45) is 5.92 Å². The van der Waals surface area contributed by atoms with Crippen LogP contribution in [0.1, 0.15) is 50.0 Å². The maximum Gasteiger partial charge on any atom is 0.180 e. The predicted molar refractivity (Wildman–Crippen MR) is 74.1 cm³/mol. The Morgan fingerprint density at radius 1 is 1.39 bits per heavy atom. The van der Waals surface area contributed by atoms with Crippen LogP contribution in [0.2, 0.25) is 0 Å². The molecule has 0 bridgehead atoms. The van der Waals surface area contributed by atoms with E-state index in [1.54, 1.807) is 0 Å². The first-order valence-electron chi connectivity index (χ1n) is 6.98. The third-order valence-electron chi connectivity index (χ3n) is 3.39. The molecular formula is C15H22N2O. The summed E-state index contributed by atoms with van der Waals surface area (Å²) in [4.78, 5) is 18.2. The fourth-order valence-corrected chi connectivity index (χ4v) is 2.13. The van der Waals surface area contributed by atoms with Crippen LogP contribution in [0.3, 0.4) is 0 Å². The highest BCUT2D eigenvalue weighted by molar-refractivity contribution is 5.94. The van der Waals surface area contributed by atoms with Crippen LogP contribution in [-0.2, 0) is 0 Å². The largest absolute Gasteiger partial charge is 0.370 e. The van der Waals surface area contributed by atoms with Gasteiger partial charge in [-0.15, -0.1) is 0 Å². The molecule has 1 aromatic heterocycles. The van der Waals surface area contributed by atoms with Crippen LogP contribution >= 0.6 is 0 Å². The summed E-state index contributed by atoms with van der Waals surface area (Å²) < 4.78 is 0. The quantitative estimate of drug-likeness (QED) is 0.692. The van der Waals surface area contributed by atoms with Gasteiger partial charge in [0.05, 0.1) is 11.9 Å². The summed E-state index contributed by atoms with van der Waals surface area (Å²) in [6, 6.07) is 3.89. The summed E-state index contributed by atoms with van der Waals surface area (Å²) in [5.41, 5.74) is 1.74. The first-order valence-corrected chi connectivity index (χ1v) is 6.98. The van der Waals surface area contributed by atoms with Crippen LogP contribution < -0.4 is 4.90 Å². The molecule has 18 heavy (non-hydrogen) atoms. The molecule has 3 nitrogen and oxygen atoms in total. The Bertz CT molecular complexity index is 395. The lowest BCUT2D eigenvalue weighted by atomic mass is 10.2. The van der Waals surface area contributed by atoms with Gasteiger partial charge in [-0.1, -0.05) is 13.8 Å². The number of anilines is 1. The van der Waals surface area contributed by atoms with E-state index in [1.165, 1.54) is 12.8 Å². The van der Waals surface area contributed by atoms with Crippen molar-refractivity contribution < 1.29 is 4.79 Å². The number of hydrogen-bond acceptors (Lipinski definition) is 3. The minimum absolute atomic E-state index is 0.116. The minimum atomic E-state index is 0.116. The molecule has 0 amide bonds. The van der Waals surface area contributed by atoms with Crippen molar-refractivity contribution in [3.63, 3.8) is 0 Å². The molecule has 1 heterocycles. The van der Waals surface area contributed by atoms with E-state index in [0.717, 1.165) is 31.1 Å². The molecule has 0 radical (unpaired) electrons. The molecule has 2 rings (SSSR count). The zero-order chi connectivity index (χ0) is 13.0. The summed E-state index contributed by atoms with van der Waals surface area (Å²) in [7, 11) is 0. The molecule has 0 atom stereocenters. The maximum absolute atomic E-state index is 11.5. The lowest BCUT2D eigenvalue weighted by molar-refractivity contribution is 0.0983. The summed E-state index contributed by atoms with van der Waals surface area (Å²) in [6.45, 7) is 6.27. The summed E-state index contributed by atoms with van der Waals surface area (Å²) in [5, 5.41) is 0. The lowest BCUT2D eigenvalue weighted by Crippen LogP contribution is -2.26. The minimum Gasteiger partial charge on any atom is -0.370 e. The average molecular weight is 246 g/mol. The monoisotopic (exact) mass is 246 g/mol. The van der Waals surface area contributed by atoms with E-state index in [-0.39, 0.29) is 5.78 Å². The first kappa shape index (κ1) is 13.1. The van der Waals surface area contributed by atoms with Gasteiger partial charge in [-0.25, -0.2) is 0 Å². The zero-order valence-electron chi connectivity index (χ0n) is 11.4. The normalized spacial score (nSPS) is 14.6. The van der Waals surface area contributed by atoms with Gasteiger partial charge in [0.1, 0.15) is 5.69 Å². The van der Waals surface area contributed by atoms with Gasteiger partial charge < -0.3 is 4.90 Å². The van der Waals surface area contributed by atoms with E-state index in [4.69, 9.17) is 0 Å². The highest BCUT2D eigenvalue weighted by Gasteiger charge is 2.24. The Labute approximate surface area is 109 Å². The van der Waals surface area contributed by atoms with E-state index >= 15 is 0 Å². The van der Waals surface area contributed by atoms with Crippen molar-refractivity contribution >= 4 is 11.5 Å².